The topological polar surface area (TPSA) is 119 Å². The number of nitriles is 1. The number of dihydropyridines is 1. The van der Waals surface area contributed by atoms with Crippen LogP contribution in [0.2, 0.25) is 0 Å². The van der Waals surface area contributed by atoms with E-state index >= 15 is 0 Å². The number of rotatable bonds is 5. The van der Waals surface area contributed by atoms with E-state index in [1.54, 1.807) is 0 Å². The molecule has 2 aromatic rings. The Morgan fingerprint density at radius 1 is 1.25 bits per heavy atom. The van der Waals surface area contributed by atoms with Gasteiger partial charge in [-0.2, -0.15) is 10.2 Å². The number of amides is 1. The summed E-state index contributed by atoms with van der Waals surface area (Å²) in [6.45, 7) is 4.68. The third-order valence-corrected chi connectivity index (χ3v) is 5.49. The van der Waals surface area contributed by atoms with E-state index in [0.717, 1.165) is 23.4 Å². The van der Waals surface area contributed by atoms with Crippen LogP contribution in [0.3, 0.4) is 0 Å². The average Bonchev–Trinajstić information content (AvgIpc) is 2.82. The Morgan fingerprint density at radius 3 is 2.84 bits per heavy atom. The predicted molar refractivity (Wildman–Crippen MR) is 124 cm³/mol. The maximum absolute atomic E-state index is 11.4. The highest BCUT2D eigenvalue weighted by Crippen LogP contribution is 2.28. The first-order chi connectivity index (χ1) is 15.5. The lowest BCUT2D eigenvalue weighted by molar-refractivity contribution is -0.114. The molecule has 2 unspecified atom stereocenters. The van der Waals surface area contributed by atoms with Gasteiger partial charge in [-0.05, 0) is 24.6 Å². The summed E-state index contributed by atoms with van der Waals surface area (Å²) in [5.41, 5.74) is 3.64. The highest BCUT2D eigenvalue weighted by Gasteiger charge is 2.28. The van der Waals surface area contributed by atoms with Crippen LogP contribution in [-0.2, 0) is 4.79 Å². The largest absolute Gasteiger partial charge is 0.326 e. The molecule has 0 radical (unpaired) electrons. The number of nitrogens with zero attached hydrogens (tertiary/aromatic N) is 6. The standard InChI is InChI=1S/C23H24N8O/c1-15-20(28-16(2)32)4-3-5-21(15)29-22-26-14-27-23(30-22)31-13-18(6-7-19(31)12-24)17-8-10-25-11-9-17/h3-8,11,14,18-19H,9-10,13H2,1-2H3,(H,28,32)(H,26,27,29,30). The molecule has 2 N–H and O–H groups in total. The van der Waals surface area contributed by atoms with Crippen LogP contribution >= 0.6 is 0 Å². The van der Waals surface area contributed by atoms with Crippen LogP contribution in [0.25, 0.3) is 0 Å². The van der Waals surface area contributed by atoms with Crippen LogP contribution in [0.4, 0.5) is 23.3 Å². The van der Waals surface area contributed by atoms with Crippen molar-refractivity contribution in [2.45, 2.75) is 26.3 Å². The van der Waals surface area contributed by atoms with Gasteiger partial charge in [-0.15, -0.1) is 0 Å². The molecule has 0 saturated carbocycles. The van der Waals surface area contributed by atoms with Crippen molar-refractivity contribution in [1.82, 2.24) is 15.0 Å². The third kappa shape index (κ3) is 4.64. The summed E-state index contributed by atoms with van der Waals surface area (Å²) in [4.78, 5) is 30.7. The van der Waals surface area contributed by atoms with E-state index in [0.29, 0.717) is 25.0 Å². The van der Waals surface area contributed by atoms with Crippen molar-refractivity contribution in [2.24, 2.45) is 10.9 Å². The van der Waals surface area contributed by atoms with Gasteiger partial charge >= 0.3 is 0 Å². The Bertz CT molecular complexity index is 1150. The number of carbonyl (C=O) groups is 1. The number of hydrogen-bond donors (Lipinski definition) is 2. The number of hydrogen-bond acceptors (Lipinski definition) is 8. The van der Waals surface area contributed by atoms with E-state index in [2.05, 4.69) is 48.8 Å². The number of aromatic nitrogens is 3. The van der Waals surface area contributed by atoms with Gasteiger partial charge in [-0.3, -0.25) is 9.79 Å². The monoisotopic (exact) mass is 428 g/mol. The second-order valence-corrected chi connectivity index (χ2v) is 7.64. The minimum absolute atomic E-state index is 0.137. The first-order valence-electron chi connectivity index (χ1n) is 10.4. The number of carbonyl (C=O) groups excluding carboxylic acids is 1. The van der Waals surface area contributed by atoms with Crippen LogP contribution in [0, 0.1) is 24.2 Å². The molecule has 1 aromatic carbocycles. The molecule has 162 valence electrons. The van der Waals surface area contributed by atoms with Crippen molar-refractivity contribution in [3.63, 3.8) is 0 Å². The van der Waals surface area contributed by atoms with Gasteiger partial charge in [0.1, 0.15) is 12.4 Å². The first kappa shape index (κ1) is 21.2. The van der Waals surface area contributed by atoms with Gasteiger partial charge in [0.25, 0.3) is 0 Å². The summed E-state index contributed by atoms with van der Waals surface area (Å²) in [6.07, 6.45) is 10.3. The normalized spacial score (nSPS) is 19.8. The average molecular weight is 429 g/mol. The summed E-state index contributed by atoms with van der Waals surface area (Å²) in [5, 5.41) is 15.7. The van der Waals surface area contributed by atoms with E-state index in [4.69, 9.17) is 0 Å². The van der Waals surface area contributed by atoms with Gasteiger partial charge in [-0.25, -0.2) is 9.97 Å². The molecule has 0 fully saturated rings. The highest BCUT2D eigenvalue weighted by molar-refractivity contribution is 5.90. The Kier molecular flexibility index (Phi) is 6.22. The van der Waals surface area contributed by atoms with Crippen molar-refractivity contribution in [2.75, 3.05) is 28.6 Å². The minimum atomic E-state index is -0.454. The van der Waals surface area contributed by atoms with E-state index < -0.39 is 6.04 Å². The molecule has 0 saturated heterocycles. The Hall–Kier alpha value is -4.06. The fraction of sp³-hybridized carbons (Fsp3) is 0.304. The molecule has 3 heterocycles. The predicted octanol–water partition coefficient (Wildman–Crippen LogP) is 3.17. The van der Waals surface area contributed by atoms with Crippen LogP contribution in [-0.4, -0.2) is 46.2 Å². The van der Waals surface area contributed by atoms with Gasteiger partial charge < -0.3 is 15.5 Å². The molecule has 4 rings (SSSR count). The van der Waals surface area contributed by atoms with Gasteiger partial charge in [-0.1, -0.05) is 29.9 Å². The zero-order chi connectivity index (χ0) is 22.5. The molecule has 2 atom stereocenters. The lowest BCUT2D eigenvalue weighted by Gasteiger charge is -2.33. The maximum atomic E-state index is 11.4. The Balaban J connectivity index is 1.57. The van der Waals surface area contributed by atoms with Crippen molar-refractivity contribution in [3.05, 3.63) is 53.9 Å². The molecule has 2 aliphatic rings. The van der Waals surface area contributed by atoms with Crippen LogP contribution in [0.1, 0.15) is 18.9 Å². The zero-order valence-electron chi connectivity index (χ0n) is 18.0. The second-order valence-electron chi connectivity index (χ2n) is 7.64. The number of aliphatic imine (C=N–C) groups is 1. The first-order valence-corrected chi connectivity index (χ1v) is 10.4. The zero-order valence-corrected chi connectivity index (χ0v) is 18.0. The van der Waals surface area contributed by atoms with Crippen LogP contribution in [0.15, 0.2) is 53.3 Å². The summed E-state index contributed by atoms with van der Waals surface area (Å²) in [5.74, 6) is 0.840. The van der Waals surface area contributed by atoms with Gasteiger partial charge in [0.2, 0.25) is 17.8 Å². The van der Waals surface area contributed by atoms with E-state index in [1.165, 1.54) is 18.8 Å². The third-order valence-electron chi connectivity index (χ3n) is 5.49. The van der Waals surface area contributed by atoms with Crippen molar-refractivity contribution in [1.29, 1.82) is 5.26 Å². The summed E-state index contributed by atoms with van der Waals surface area (Å²) in [6, 6.07) is 7.42. The SMILES string of the molecule is CC(=O)Nc1cccc(Nc2ncnc(N3CC(C4=CCN=CC4)C=CC3C#N)n2)c1C. The van der Waals surface area contributed by atoms with E-state index in [9.17, 15) is 10.1 Å². The summed E-state index contributed by atoms with van der Waals surface area (Å²) < 4.78 is 0. The summed E-state index contributed by atoms with van der Waals surface area (Å²) in [7, 11) is 0. The van der Waals surface area contributed by atoms with Crippen molar-refractivity contribution in [3.8, 4) is 6.07 Å². The van der Waals surface area contributed by atoms with Gasteiger partial charge in [0.15, 0.2) is 0 Å². The molecular weight excluding hydrogens is 404 g/mol. The molecule has 1 amide bonds. The smallest absolute Gasteiger partial charge is 0.232 e. The molecule has 9 heteroatoms. The lowest BCUT2D eigenvalue weighted by atomic mass is 9.90. The molecule has 32 heavy (non-hydrogen) atoms. The van der Waals surface area contributed by atoms with Crippen LogP contribution in [0.5, 0.6) is 0 Å². The Labute approximate surface area is 186 Å². The molecule has 0 aliphatic carbocycles. The molecule has 0 bridgehead atoms. The molecule has 9 nitrogen and oxygen atoms in total. The van der Waals surface area contributed by atoms with Gasteiger partial charge in [0, 0.05) is 43.4 Å². The fourth-order valence-corrected chi connectivity index (χ4v) is 3.79. The highest BCUT2D eigenvalue weighted by atomic mass is 16.1. The van der Waals surface area contributed by atoms with Gasteiger partial charge in [0.05, 0.1) is 12.6 Å². The molecular formula is C23H24N8O. The quantitative estimate of drug-likeness (QED) is 0.702. The fourth-order valence-electron chi connectivity index (χ4n) is 3.79. The lowest BCUT2D eigenvalue weighted by Crippen LogP contribution is -2.41. The molecule has 1 aromatic heterocycles. The van der Waals surface area contributed by atoms with E-state index in [1.807, 2.05) is 42.3 Å². The van der Waals surface area contributed by atoms with Crippen molar-refractivity contribution < 1.29 is 4.79 Å². The summed E-state index contributed by atoms with van der Waals surface area (Å²) >= 11 is 0. The number of nitrogens with one attached hydrogen (secondary N) is 2. The second kappa shape index (κ2) is 9.39. The molecule has 0 spiro atoms. The van der Waals surface area contributed by atoms with Crippen LogP contribution < -0.4 is 15.5 Å². The molecule has 2 aliphatic heterocycles. The Morgan fingerprint density at radius 2 is 2.09 bits per heavy atom. The van der Waals surface area contributed by atoms with E-state index in [-0.39, 0.29) is 11.8 Å². The number of benzene rings is 1. The van der Waals surface area contributed by atoms with Crippen molar-refractivity contribution >= 4 is 35.4 Å². The maximum Gasteiger partial charge on any atom is 0.232 e. The number of anilines is 4. The minimum Gasteiger partial charge on any atom is -0.326 e.